The Labute approximate surface area is 152 Å². The number of fused-ring (bicyclic) bond motifs is 2. The summed E-state index contributed by atoms with van der Waals surface area (Å²) in [6, 6.07) is 6.88. The second-order valence-corrected chi connectivity index (χ2v) is 8.46. The quantitative estimate of drug-likeness (QED) is 0.875. The van der Waals surface area contributed by atoms with E-state index in [1.165, 1.54) is 62.5 Å². The zero-order valence-corrected chi connectivity index (χ0v) is 15.7. The van der Waals surface area contributed by atoms with Crippen molar-refractivity contribution in [3.05, 3.63) is 29.3 Å². The van der Waals surface area contributed by atoms with Gasteiger partial charge in [-0.2, -0.15) is 0 Å². The smallest absolute Gasteiger partial charge is 0.237 e. The molecule has 1 N–H and O–H groups in total. The number of anilines is 1. The first-order valence-corrected chi connectivity index (χ1v) is 10.3. The molecule has 25 heavy (non-hydrogen) atoms. The molecule has 4 rings (SSSR count). The number of rotatable bonds is 2. The minimum absolute atomic E-state index is 0.258. The monoisotopic (exact) mass is 340 g/mol. The van der Waals surface area contributed by atoms with Crippen molar-refractivity contribution < 1.29 is 4.79 Å². The van der Waals surface area contributed by atoms with Crippen LogP contribution in [0.25, 0.3) is 0 Å². The lowest BCUT2D eigenvalue weighted by molar-refractivity contribution is -0.123. The summed E-state index contributed by atoms with van der Waals surface area (Å²) in [6.07, 6.45) is 12.9. The summed E-state index contributed by atoms with van der Waals surface area (Å²) in [5, 5.41) is 3.42. The van der Waals surface area contributed by atoms with E-state index in [1.807, 2.05) is 11.9 Å². The highest BCUT2D eigenvalue weighted by Crippen LogP contribution is 2.47. The van der Waals surface area contributed by atoms with E-state index in [4.69, 9.17) is 0 Å². The Kier molecular flexibility index (Phi) is 4.86. The number of nitrogens with one attached hydrogen (secondary N) is 1. The third-order valence-electron chi connectivity index (χ3n) is 6.86. The van der Waals surface area contributed by atoms with Crippen LogP contribution in [0.4, 0.5) is 5.69 Å². The zero-order valence-electron chi connectivity index (χ0n) is 15.7. The van der Waals surface area contributed by atoms with Gasteiger partial charge in [-0.25, -0.2) is 0 Å². The Morgan fingerprint density at radius 2 is 1.76 bits per heavy atom. The number of carbonyl (C=O) groups excluding carboxylic acids is 1. The van der Waals surface area contributed by atoms with Crippen LogP contribution in [0.3, 0.4) is 0 Å². The fourth-order valence-electron chi connectivity index (χ4n) is 5.35. The van der Waals surface area contributed by atoms with Gasteiger partial charge in [0.15, 0.2) is 0 Å². The largest absolute Gasteiger partial charge is 0.317 e. The fourth-order valence-corrected chi connectivity index (χ4v) is 5.35. The first kappa shape index (κ1) is 17.1. The van der Waals surface area contributed by atoms with Gasteiger partial charge in [-0.15, -0.1) is 0 Å². The highest BCUT2D eigenvalue weighted by molar-refractivity contribution is 6.07. The topological polar surface area (TPSA) is 32.3 Å². The number of hydrogen-bond acceptors (Lipinski definition) is 2. The molecule has 1 spiro atoms. The number of piperidine rings is 1. The number of likely N-dealkylation sites (N-methyl/N-ethyl adjacent to an activating group) is 1. The second kappa shape index (κ2) is 7.11. The van der Waals surface area contributed by atoms with Crippen molar-refractivity contribution in [3.63, 3.8) is 0 Å². The van der Waals surface area contributed by atoms with Crippen LogP contribution in [0.15, 0.2) is 18.2 Å². The predicted molar refractivity (Wildman–Crippen MR) is 103 cm³/mol. The lowest BCUT2D eigenvalue weighted by Gasteiger charge is -2.32. The van der Waals surface area contributed by atoms with Gasteiger partial charge >= 0.3 is 0 Å². The summed E-state index contributed by atoms with van der Waals surface area (Å²) in [6.45, 7) is 1.90. The summed E-state index contributed by atoms with van der Waals surface area (Å²) in [5.41, 5.74) is 3.65. The molecule has 1 saturated heterocycles. The average Bonchev–Trinajstić information content (AvgIpc) is 2.80. The van der Waals surface area contributed by atoms with Gasteiger partial charge in [-0.1, -0.05) is 57.1 Å². The lowest BCUT2D eigenvalue weighted by Crippen LogP contribution is -2.46. The van der Waals surface area contributed by atoms with Gasteiger partial charge in [-0.3, -0.25) is 4.79 Å². The molecule has 1 aromatic rings. The zero-order chi connectivity index (χ0) is 17.3. The van der Waals surface area contributed by atoms with Crippen LogP contribution >= 0.6 is 0 Å². The molecule has 0 unspecified atom stereocenters. The Hall–Kier alpha value is -1.35. The van der Waals surface area contributed by atoms with E-state index in [0.717, 1.165) is 37.5 Å². The molecule has 3 aliphatic rings. The maximum atomic E-state index is 13.0. The SMILES string of the molecule is CN1C(=O)C2(CCNCC2)c2cc(CC3CCCCCCC3)ccc21. The summed E-state index contributed by atoms with van der Waals surface area (Å²) < 4.78 is 0. The van der Waals surface area contributed by atoms with E-state index in [-0.39, 0.29) is 5.41 Å². The number of carbonyl (C=O) groups is 1. The number of benzene rings is 1. The van der Waals surface area contributed by atoms with E-state index < -0.39 is 0 Å². The van der Waals surface area contributed by atoms with Crippen molar-refractivity contribution in [2.24, 2.45) is 5.92 Å². The first-order valence-electron chi connectivity index (χ1n) is 10.3. The number of nitrogens with zero attached hydrogens (tertiary/aromatic N) is 1. The third kappa shape index (κ3) is 3.12. The molecular formula is C22H32N2O. The van der Waals surface area contributed by atoms with Gasteiger partial charge in [0.25, 0.3) is 0 Å². The molecule has 1 aromatic carbocycles. The van der Waals surface area contributed by atoms with Gasteiger partial charge in [0.1, 0.15) is 0 Å². The normalized spacial score (nSPS) is 24.2. The Morgan fingerprint density at radius 3 is 2.48 bits per heavy atom. The molecular weight excluding hydrogens is 308 g/mol. The standard InChI is InChI=1S/C22H32N2O/c1-24-20-10-9-18(15-17-7-5-3-2-4-6-8-17)16-19(20)22(21(24)25)11-13-23-14-12-22/h9-10,16-17,23H,2-8,11-15H2,1H3. The second-order valence-electron chi connectivity index (χ2n) is 8.46. The average molecular weight is 341 g/mol. The van der Waals surface area contributed by atoms with Crippen LogP contribution < -0.4 is 10.2 Å². The van der Waals surface area contributed by atoms with Gasteiger partial charge in [-0.05, 0) is 55.5 Å². The van der Waals surface area contributed by atoms with E-state index in [2.05, 4.69) is 23.5 Å². The summed E-state index contributed by atoms with van der Waals surface area (Å²) in [5.74, 6) is 1.14. The molecule has 3 heteroatoms. The molecule has 0 atom stereocenters. The molecule has 2 heterocycles. The predicted octanol–water partition coefficient (Wildman–Crippen LogP) is 4.19. The molecule has 2 fully saturated rings. The highest BCUT2D eigenvalue weighted by atomic mass is 16.2. The van der Waals surface area contributed by atoms with Crippen LogP contribution in [0.2, 0.25) is 0 Å². The Bertz CT molecular complexity index is 625. The summed E-state index contributed by atoms with van der Waals surface area (Å²) in [4.78, 5) is 14.9. The highest BCUT2D eigenvalue weighted by Gasteiger charge is 2.49. The van der Waals surface area contributed by atoms with Crippen LogP contribution in [0.1, 0.15) is 68.9 Å². The lowest BCUT2D eigenvalue weighted by atomic mass is 9.73. The Morgan fingerprint density at radius 1 is 1.08 bits per heavy atom. The third-order valence-corrected chi connectivity index (χ3v) is 6.86. The number of hydrogen-bond donors (Lipinski definition) is 1. The van der Waals surface area contributed by atoms with Crippen LogP contribution in [-0.4, -0.2) is 26.0 Å². The van der Waals surface area contributed by atoms with E-state index in [0.29, 0.717) is 5.91 Å². The molecule has 2 aliphatic heterocycles. The van der Waals surface area contributed by atoms with Crippen LogP contribution in [0, 0.1) is 5.92 Å². The molecule has 0 radical (unpaired) electrons. The maximum Gasteiger partial charge on any atom is 0.237 e. The van der Waals surface area contributed by atoms with E-state index in [9.17, 15) is 4.79 Å². The van der Waals surface area contributed by atoms with Gasteiger partial charge in [0, 0.05) is 12.7 Å². The van der Waals surface area contributed by atoms with Crippen molar-refractivity contribution in [3.8, 4) is 0 Å². The van der Waals surface area contributed by atoms with Crippen molar-refractivity contribution in [1.82, 2.24) is 5.32 Å². The fraction of sp³-hybridized carbons (Fsp3) is 0.682. The van der Waals surface area contributed by atoms with Gasteiger partial charge in [0.05, 0.1) is 5.41 Å². The summed E-state index contributed by atoms with van der Waals surface area (Å²) >= 11 is 0. The van der Waals surface area contributed by atoms with Gasteiger partial charge in [0.2, 0.25) is 5.91 Å². The van der Waals surface area contributed by atoms with Crippen molar-refractivity contribution >= 4 is 11.6 Å². The summed E-state index contributed by atoms with van der Waals surface area (Å²) in [7, 11) is 1.95. The molecule has 136 valence electrons. The van der Waals surface area contributed by atoms with E-state index >= 15 is 0 Å². The van der Waals surface area contributed by atoms with Crippen molar-refractivity contribution in [2.75, 3.05) is 25.0 Å². The van der Waals surface area contributed by atoms with Crippen LogP contribution in [-0.2, 0) is 16.6 Å². The minimum Gasteiger partial charge on any atom is -0.317 e. The minimum atomic E-state index is -0.258. The molecule has 0 aromatic heterocycles. The molecule has 1 aliphatic carbocycles. The maximum absolute atomic E-state index is 13.0. The van der Waals surface area contributed by atoms with Crippen molar-refractivity contribution in [2.45, 2.75) is 69.6 Å². The molecule has 1 saturated carbocycles. The molecule has 3 nitrogen and oxygen atoms in total. The van der Waals surface area contributed by atoms with Crippen molar-refractivity contribution in [1.29, 1.82) is 0 Å². The number of amides is 1. The first-order chi connectivity index (χ1) is 12.2. The van der Waals surface area contributed by atoms with Gasteiger partial charge < -0.3 is 10.2 Å². The molecule has 1 amide bonds. The van der Waals surface area contributed by atoms with Crippen LogP contribution in [0.5, 0.6) is 0 Å². The van der Waals surface area contributed by atoms with E-state index in [1.54, 1.807) is 0 Å². The molecule has 0 bridgehead atoms. The Balaban J connectivity index is 1.59.